The Balaban J connectivity index is 1.24. The van der Waals surface area contributed by atoms with Gasteiger partial charge in [0.1, 0.15) is 0 Å². The Morgan fingerprint density at radius 2 is 0.639 bits per heavy atom. The molecule has 2 N–H and O–H groups in total. The monoisotopic (exact) mass is 1010 g/mol. The van der Waals surface area contributed by atoms with E-state index in [1.807, 2.05) is 0 Å². The van der Waals surface area contributed by atoms with Crippen LogP contribution < -0.4 is 0 Å². The second kappa shape index (κ2) is 51.2. The van der Waals surface area contributed by atoms with E-state index < -0.39 is 18.0 Å². The summed E-state index contributed by atoms with van der Waals surface area (Å²) in [6.07, 6.45) is 77.9. The van der Waals surface area contributed by atoms with Crippen molar-refractivity contribution in [3.63, 3.8) is 0 Å². The first-order valence-electron chi connectivity index (χ1n) is 34.0. The smallest absolute Gasteiger partial charge is 0.309 e. The molecule has 1 aliphatic heterocycles. The normalized spacial score (nSPS) is 18.7. The van der Waals surface area contributed by atoms with Crippen molar-refractivity contribution in [2.75, 3.05) is 0 Å². The maximum Gasteiger partial charge on any atom is 0.309 e. The summed E-state index contributed by atoms with van der Waals surface area (Å²) in [5.74, 6) is 1.44. The number of unbranched alkanes of at least 4 members (excludes halogenated alkanes) is 46. The van der Waals surface area contributed by atoms with Crippen LogP contribution in [0.5, 0.6) is 0 Å². The first-order valence-corrected chi connectivity index (χ1v) is 34.0. The predicted octanol–water partition coefficient (Wildman–Crippen LogP) is 23.0. The maximum atomic E-state index is 11.9. The van der Waals surface area contributed by atoms with Crippen LogP contribution in [0.1, 0.15) is 387 Å². The van der Waals surface area contributed by atoms with Crippen LogP contribution in [-0.2, 0) is 9.53 Å². The topological polar surface area (TPSA) is 70.1 Å². The van der Waals surface area contributed by atoms with E-state index in [4.69, 9.17) is 4.74 Å². The molecular weight excluding hydrogens is 881 g/mol. The first-order chi connectivity index (χ1) is 35.5. The van der Waals surface area contributed by atoms with Gasteiger partial charge in [-0.1, -0.05) is 355 Å². The summed E-state index contributed by atoms with van der Waals surface area (Å²) in [4.78, 5) is 11.9. The zero-order valence-electron chi connectivity index (χ0n) is 49.6. The Kier molecular flexibility index (Phi) is 48.0. The Morgan fingerprint density at radius 3 is 0.958 bits per heavy atom. The molecule has 0 amide bonds. The number of rotatable bonds is 61. The molecule has 2 rings (SSSR count). The number of hydrogen-bond donors (Lipinski definition) is 2. The van der Waals surface area contributed by atoms with Gasteiger partial charge in [-0.25, -0.2) is 0 Å². The van der Waals surface area contributed by atoms with Crippen LogP contribution in [0, 0.1) is 23.7 Å². The molecule has 0 radical (unpaired) electrons. The van der Waals surface area contributed by atoms with Crippen LogP contribution in [-0.4, -0.2) is 34.5 Å². The second-order valence-corrected chi connectivity index (χ2v) is 25.1. The number of epoxide rings is 1. The Hall–Kier alpha value is -0.610. The number of aliphatic hydroxyl groups is 1. The van der Waals surface area contributed by atoms with Gasteiger partial charge in [0.25, 0.3) is 0 Å². The van der Waals surface area contributed by atoms with Gasteiger partial charge in [-0.15, -0.1) is 0 Å². The minimum atomic E-state index is -0.798. The van der Waals surface area contributed by atoms with Gasteiger partial charge in [-0.3, -0.25) is 4.79 Å². The average molecular weight is 1010 g/mol. The van der Waals surface area contributed by atoms with E-state index >= 15 is 0 Å². The highest BCUT2D eigenvalue weighted by Gasteiger charge is 2.41. The highest BCUT2D eigenvalue weighted by atomic mass is 16.6. The van der Waals surface area contributed by atoms with Crippen LogP contribution in [0.25, 0.3) is 0 Å². The highest BCUT2D eigenvalue weighted by molar-refractivity contribution is 5.70. The van der Waals surface area contributed by atoms with Gasteiger partial charge >= 0.3 is 5.97 Å². The number of carboxylic acids is 1. The zero-order valence-corrected chi connectivity index (χ0v) is 49.6. The Bertz CT molecular complexity index is 1110. The fraction of sp³-hybridized carbons (Fsp3) is 0.985. The number of aliphatic carboxylic acids is 1. The summed E-state index contributed by atoms with van der Waals surface area (Å²) < 4.78 is 6.13. The molecule has 1 saturated heterocycles. The van der Waals surface area contributed by atoms with Crippen LogP contribution in [0.3, 0.4) is 0 Å². The number of aliphatic hydroxyl groups excluding tert-OH is 1. The summed E-state index contributed by atoms with van der Waals surface area (Å²) in [6, 6.07) is 0. The third-order valence-electron chi connectivity index (χ3n) is 18.1. The molecule has 1 saturated carbocycles. The van der Waals surface area contributed by atoms with Crippen molar-refractivity contribution in [2.45, 2.75) is 405 Å². The summed E-state index contributed by atoms with van der Waals surface area (Å²) in [6.45, 7) is 7.05. The van der Waals surface area contributed by atoms with Crippen molar-refractivity contribution >= 4 is 5.97 Å². The minimum absolute atomic E-state index is 0.577. The summed E-state index contributed by atoms with van der Waals surface area (Å²) >= 11 is 0. The average Bonchev–Trinajstić information content (AvgIpc) is 4.32. The molecule has 2 aliphatic rings. The highest BCUT2D eigenvalue weighted by Crippen LogP contribution is 2.46. The van der Waals surface area contributed by atoms with Crippen molar-refractivity contribution < 1.29 is 19.7 Å². The van der Waals surface area contributed by atoms with Gasteiger partial charge in [0, 0.05) is 0 Å². The predicted molar refractivity (Wildman–Crippen MR) is 316 cm³/mol. The molecule has 0 aromatic carbocycles. The van der Waals surface area contributed by atoms with Crippen LogP contribution in [0.4, 0.5) is 0 Å². The molecule has 428 valence electrons. The van der Waals surface area contributed by atoms with Gasteiger partial charge in [-0.2, -0.15) is 0 Å². The van der Waals surface area contributed by atoms with Crippen molar-refractivity contribution in [2.24, 2.45) is 23.7 Å². The lowest BCUT2D eigenvalue weighted by molar-refractivity contribution is -0.146. The van der Waals surface area contributed by atoms with E-state index in [-0.39, 0.29) is 0 Å². The maximum absolute atomic E-state index is 11.9. The molecule has 1 aliphatic carbocycles. The van der Waals surface area contributed by atoms with Crippen molar-refractivity contribution in [1.82, 2.24) is 0 Å². The van der Waals surface area contributed by atoms with Gasteiger partial charge in [0.2, 0.25) is 0 Å². The lowest BCUT2D eigenvalue weighted by Gasteiger charge is -2.19. The van der Waals surface area contributed by atoms with E-state index in [1.54, 1.807) is 0 Å². The number of hydrogen-bond acceptors (Lipinski definition) is 3. The summed E-state index contributed by atoms with van der Waals surface area (Å²) in [5, 5.41) is 20.5. The van der Waals surface area contributed by atoms with Gasteiger partial charge in [0.15, 0.2) is 0 Å². The van der Waals surface area contributed by atoms with Crippen molar-refractivity contribution in [3.8, 4) is 0 Å². The third-order valence-corrected chi connectivity index (χ3v) is 18.1. The van der Waals surface area contributed by atoms with Crippen LogP contribution >= 0.6 is 0 Å². The first kappa shape index (κ1) is 67.5. The van der Waals surface area contributed by atoms with Crippen LogP contribution in [0.15, 0.2) is 0 Å². The summed E-state index contributed by atoms with van der Waals surface area (Å²) in [5.41, 5.74) is 0. The largest absolute Gasteiger partial charge is 0.481 e. The molecule has 0 aromatic rings. The minimum Gasteiger partial charge on any atom is -0.481 e. The molecular formula is C68H132O4. The lowest BCUT2D eigenvalue weighted by Crippen LogP contribution is -2.28. The molecule has 0 bridgehead atoms. The Morgan fingerprint density at radius 1 is 0.375 bits per heavy atom. The molecule has 4 nitrogen and oxygen atoms in total. The fourth-order valence-corrected chi connectivity index (χ4v) is 12.7. The second-order valence-electron chi connectivity index (χ2n) is 25.1. The summed E-state index contributed by atoms with van der Waals surface area (Å²) in [7, 11) is 0. The number of carbonyl (C=O) groups is 1. The molecule has 7 atom stereocenters. The molecule has 0 spiro atoms. The number of ether oxygens (including phenoxy) is 1. The Labute approximate surface area is 452 Å². The zero-order chi connectivity index (χ0) is 51.6. The molecule has 2 fully saturated rings. The molecule has 1 heterocycles. The van der Waals surface area contributed by atoms with Gasteiger partial charge in [-0.05, 0) is 49.9 Å². The quantitative estimate of drug-likeness (QED) is 0.0470. The standard InChI is InChI=1S/C68H132O4/c1-4-6-8-10-12-14-16-18-20-21-22-23-24-25-27-29-34-38-45-51-57-64(68(70)71)65(69)58-52-46-41-40-44-50-56-63-60-62(63)55-49-43-37-33-30-31-35-39-47-53-59-66-67(72-66)61(3)54-48-42-36-32-28-26-19-17-15-13-11-9-7-5-2/h61-67,69H,4-60H2,1-3H3,(H,70,71)/t61-,62+,63+,64-,65-,66-,67-/m1/s1. The third kappa shape index (κ3) is 42.5. The molecule has 0 unspecified atom stereocenters. The van der Waals surface area contributed by atoms with E-state index in [9.17, 15) is 15.0 Å². The molecule has 0 aromatic heterocycles. The van der Waals surface area contributed by atoms with Crippen molar-refractivity contribution in [3.05, 3.63) is 0 Å². The SMILES string of the molecule is CCCCCCCCCCCCCCCCCCCCCC[C@@H](C(=O)O)[C@H](O)CCCCCCCC[C@H]1C[C@@H]1CCCCCCCCCCCC[C@H]1O[C@@H]1[C@H](C)CCCCCCCCCCCCCCCC. The van der Waals surface area contributed by atoms with E-state index in [0.717, 1.165) is 43.4 Å². The van der Waals surface area contributed by atoms with E-state index in [1.165, 1.54) is 327 Å². The lowest BCUT2D eigenvalue weighted by atomic mass is 9.91. The van der Waals surface area contributed by atoms with Gasteiger partial charge < -0.3 is 14.9 Å². The van der Waals surface area contributed by atoms with Crippen molar-refractivity contribution in [1.29, 1.82) is 0 Å². The van der Waals surface area contributed by atoms with E-state index in [2.05, 4.69) is 20.8 Å². The number of carboxylic acid groups (broad SMARTS) is 1. The van der Waals surface area contributed by atoms with Crippen LogP contribution in [0.2, 0.25) is 0 Å². The fourth-order valence-electron chi connectivity index (χ4n) is 12.7. The molecule has 72 heavy (non-hydrogen) atoms. The van der Waals surface area contributed by atoms with Gasteiger partial charge in [0.05, 0.1) is 24.2 Å². The van der Waals surface area contributed by atoms with E-state index in [0.29, 0.717) is 25.0 Å². The molecule has 4 heteroatoms.